The van der Waals surface area contributed by atoms with Crippen molar-refractivity contribution in [3.8, 4) is 0 Å². The third kappa shape index (κ3) is 3.11. The zero-order valence-corrected chi connectivity index (χ0v) is 10.7. The van der Waals surface area contributed by atoms with Crippen LogP contribution in [0.4, 0.5) is 0 Å². The van der Waals surface area contributed by atoms with Crippen LogP contribution in [0.1, 0.15) is 36.8 Å². The largest absolute Gasteiger partial charge is 0.468 e. The highest BCUT2D eigenvalue weighted by Crippen LogP contribution is 2.22. The molecule has 1 aromatic heterocycles. The molecular formula is C16H19NO. The van der Waals surface area contributed by atoms with Crippen LogP contribution in [0.25, 0.3) is 0 Å². The lowest BCUT2D eigenvalue weighted by Gasteiger charge is -2.21. The number of hydrogen-bond donors (Lipinski definition) is 1. The average molecular weight is 241 g/mol. The summed E-state index contributed by atoms with van der Waals surface area (Å²) in [5.41, 5.74) is 1.28. The summed E-state index contributed by atoms with van der Waals surface area (Å²) in [5.74, 6) is 0.956. The molecule has 0 saturated heterocycles. The summed E-state index contributed by atoms with van der Waals surface area (Å²) in [6.45, 7) is 5.97. The Morgan fingerprint density at radius 2 is 2.00 bits per heavy atom. The zero-order valence-electron chi connectivity index (χ0n) is 10.7. The van der Waals surface area contributed by atoms with Gasteiger partial charge in [-0.05, 0) is 31.0 Å². The van der Waals surface area contributed by atoms with Crippen molar-refractivity contribution >= 4 is 0 Å². The second-order valence-electron chi connectivity index (χ2n) is 4.39. The maximum absolute atomic E-state index is 5.47. The van der Waals surface area contributed by atoms with E-state index in [-0.39, 0.29) is 12.1 Å². The Morgan fingerprint density at radius 1 is 1.22 bits per heavy atom. The van der Waals surface area contributed by atoms with E-state index in [0.717, 1.165) is 12.2 Å². The van der Waals surface area contributed by atoms with Crippen molar-refractivity contribution in [3.05, 3.63) is 72.7 Å². The summed E-state index contributed by atoms with van der Waals surface area (Å²) in [6, 6.07) is 14.8. The van der Waals surface area contributed by atoms with Gasteiger partial charge in [0.2, 0.25) is 0 Å². The van der Waals surface area contributed by atoms with Gasteiger partial charge in [-0.1, -0.05) is 36.4 Å². The Bertz CT molecular complexity index is 461. The second-order valence-corrected chi connectivity index (χ2v) is 4.39. The molecule has 2 aromatic rings. The van der Waals surface area contributed by atoms with Crippen LogP contribution in [0.3, 0.4) is 0 Å². The molecule has 2 heteroatoms. The molecule has 0 amide bonds. The van der Waals surface area contributed by atoms with Crippen molar-refractivity contribution in [2.24, 2.45) is 0 Å². The van der Waals surface area contributed by atoms with Crippen LogP contribution in [0.15, 0.2) is 65.8 Å². The van der Waals surface area contributed by atoms with E-state index < -0.39 is 0 Å². The Labute approximate surface area is 108 Å². The highest BCUT2D eigenvalue weighted by Gasteiger charge is 2.16. The number of nitrogens with one attached hydrogen (secondary N) is 1. The summed E-state index contributed by atoms with van der Waals surface area (Å²) in [4.78, 5) is 0. The molecule has 18 heavy (non-hydrogen) atoms. The van der Waals surface area contributed by atoms with E-state index in [1.54, 1.807) is 6.26 Å². The van der Waals surface area contributed by atoms with E-state index >= 15 is 0 Å². The molecule has 0 unspecified atom stereocenters. The Hall–Kier alpha value is -1.80. The molecule has 0 spiro atoms. The number of benzene rings is 1. The fourth-order valence-electron chi connectivity index (χ4n) is 2.06. The van der Waals surface area contributed by atoms with Gasteiger partial charge in [-0.15, -0.1) is 6.58 Å². The number of hydrogen-bond acceptors (Lipinski definition) is 2. The van der Waals surface area contributed by atoms with Crippen molar-refractivity contribution in [2.45, 2.75) is 25.4 Å². The van der Waals surface area contributed by atoms with Crippen molar-refractivity contribution in [2.75, 3.05) is 0 Å². The van der Waals surface area contributed by atoms with Crippen molar-refractivity contribution < 1.29 is 4.42 Å². The average Bonchev–Trinajstić information content (AvgIpc) is 2.93. The topological polar surface area (TPSA) is 25.2 Å². The summed E-state index contributed by atoms with van der Waals surface area (Å²) in [5, 5.41) is 3.57. The second kappa shape index (κ2) is 6.22. The molecule has 1 heterocycles. The smallest absolute Gasteiger partial charge is 0.121 e. The van der Waals surface area contributed by atoms with Crippen LogP contribution in [0, 0.1) is 0 Å². The fourth-order valence-corrected chi connectivity index (χ4v) is 2.06. The first-order chi connectivity index (χ1) is 8.81. The van der Waals surface area contributed by atoms with Gasteiger partial charge < -0.3 is 9.73 Å². The van der Waals surface area contributed by atoms with Gasteiger partial charge in [0.05, 0.1) is 12.3 Å². The Balaban J connectivity index is 2.07. The molecule has 0 aliphatic rings. The lowest BCUT2D eigenvalue weighted by Crippen LogP contribution is -2.24. The molecule has 94 valence electrons. The van der Waals surface area contributed by atoms with E-state index in [9.17, 15) is 0 Å². The molecule has 2 nitrogen and oxygen atoms in total. The molecule has 0 saturated carbocycles. The summed E-state index contributed by atoms with van der Waals surface area (Å²) < 4.78 is 5.47. The van der Waals surface area contributed by atoms with Gasteiger partial charge in [-0.25, -0.2) is 0 Å². The molecule has 1 N–H and O–H groups in total. The van der Waals surface area contributed by atoms with Crippen molar-refractivity contribution in [3.63, 3.8) is 0 Å². The first-order valence-corrected chi connectivity index (χ1v) is 6.26. The van der Waals surface area contributed by atoms with Gasteiger partial charge in [0.15, 0.2) is 0 Å². The van der Waals surface area contributed by atoms with Gasteiger partial charge in [0.1, 0.15) is 5.76 Å². The van der Waals surface area contributed by atoms with Gasteiger partial charge >= 0.3 is 0 Å². The first kappa shape index (κ1) is 12.7. The lowest BCUT2D eigenvalue weighted by molar-refractivity contribution is 0.385. The third-order valence-electron chi connectivity index (χ3n) is 3.04. The van der Waals surface area contributed by atoms with E-state index in [1.807, 2.05) is 24.3 Å². The van der Waals surface area contributed by atoms with E-state index in [2.05, 4.69) is 43.1 Å². The van der Waals surface area contributed by atoms with Crippen LogP contribution in [-0.2, 0) is 0 Å². The predicted molar refractivity (Wildman–Crippen MR) is 74.3 cm³/mol. The van der Waals surface area contributed by atoms with Crippen LogP contribution < -0.4 is 5.32 Å². The van der Waals surface area contributed by atoms with Crippen LogP contribution in [-0.4, -0.2) is 0 Å². The predicted octanol–water partition coefficient (Wildman–Crippen LogP) is 4.25. The molecule has 0 aliphatic heterocycles. The quantitative estimate of drug-likeness (QED) is 0.765. The highest BCUT2D eigenvalue weighted by molar-refractivity contribution is 5.19. The standard InChI is InChI=1S/C16H19NO/c1-3-8-15(16-11-7-12-18-16)17-13(2)14-9-5-4-6-10-14/h3-7,9-13,15,17H,1,8H2,2H3/t13-,15-/m0/s1. The van der Waals surface area contributed by atoms with Crippen molar-refractivity contribution in [1.29, 1.82) is 0 Å². The molecular weight excluding hydrogens is 222 g/mol. The summed E-state index contributed by atoms with van der Waals surface area (Å²) >= 11 is 0. The van der Waals surface area contributed by atoms with Crippen LogP contribution >= 0.6 is 0 Å². The maximum atomic E-state index is 5.47. The molecule has 0 fully saturated rings. The van der Waals surface area contributed by atoms with Crippen molar-refractivity contribution in [1.82, 2.24) is 5.32 Å². The van der Waals surface area contributed by atoms with E-state index in [1.165, 1.54) is 5.56 Å². The lowest BCUT2D eigenvalue weighted by atomic mass is 10.1. The summed E-state index contributed by atoms with van der Waals surface area (Å²) in [7, 11) is 0. The minimum atomic E-state index is 0.174. The minimum Gasteiger partial charge on any atom is -0.468 e. The van der Waals surface area contributed by atoms with Gasteiger partial charge in [0.25, 0.3) is 0 Å². The molecule has 0 aliphatic carbocycles. The first-order valence-electron chi connectivity index (χ1n) is 6.26. The molecule has 2 atom stereocenters. The molecule has 1 aromatic carbocycles. The van der Waals surface area contributed by atoms with Crippen LogP contribution in [0.2, 0.25) is 0 Å². The Kier molecular flexibility index (Phi) is 4.37. The summed E-state index contributed by atoms with van der Waals surface area (Å²) in [6.07, 6.45) is 4.48. The van der Waals surface area contributed by atoms with Gasteiger partial charge in [-0.2, -0.15) is 0 Å². The number of rotatable bonds is 6. The number of furan rings is 1. The van der Waals surface area contributed by atoms with Gasteiger partial charge in [0, 0.05) is 6.04 Å². The minimum absolute atomic E-state index is 0.174. The fraction of sp³-hybridized carbons (Fsp3) is 0.250. The van der Waals surface area contributed by atoms with E-state index in [0.29, 0.717) is 0 Å². The third-order valence-corrected chi connectivity index (χ3v) is 3.04. The SMILES string of the molecule is C=CC[C@H](N[C@@H](C)c1ccccc1)c1ccco1. The molecule has 2 rings (SSSR count). The Morgan fingerprint density at radius 3 is 2.61 bits per heavy atom. The maximum Gasteiger partial charge on any atom is 0.121 e. The van der Waals surface area contributed by atoms with E-state index in [4.69, 9.17) is 4.42 Å². The van der Waals surface area contributed by atoms with Gasteiger partial charge in [-0.3, -0.25) is 0 Å². The monoisotopic (exact) mass is 241 g/mol. The normalized spacial score (nSPS) is 14.1. The zero-order chi connectivity index (χ0) is 12.8. The van der Waals surface area contributed by atoms with Crippen LogP contribution in [0.5, 0.6) is 0 Å². The highest BCUT2D eigenvalue weighted by atomic mass is 16.3. The molecule has 0 bridgehead atoms. The molecule has 0 radical (unpaired) electrons.